The minimum atomic E-state index is -0.131. The van der Waals surface area contributed by atoms with Crippen LogP contribution in [0.2, 0.25) is 5.02 Å². The number of nitrogens with one attached hydrogen (secondary N) is 1. The van der Waals surface area contributed by atoms with Crippen LogP contribution in [0.15, 0.2) is 46.9 Å². The number of nitrogens with two attached hydrogens (primary N) is 1. The molecule has 2 aromatic rings. The smallest absolute Gasteiger partial charge is 0.119 e. The molecule has 0 saturated heterocycles. The number of hydrazine groups is 1. The highest BCUT2D eigenvalue weighted by Gasteiger charge is 2.23. The molecular weight excluding hydrogens is 352 g/mol. The van der Waals surface area contributed by atoms with Crippen LogP contribution in [0, 0.1) is 0 Å². The molecule has 0 heterocycles. The lowest BCUT2D eigenvalue weighted by molar-refractivity contribution is 0.303. The summed E-state index contributed by atoms with van der Waals surface area (Å²) >= 11 is 9.63. The van der Waals surface area contributed by atoms with Crippen LogP contribution in [0.3, 0.4) is 0 Å². The van der Waals surface area contributed by atoms with Crippen molar-refractivity contribution < 1.29 is 4.74 Å². The summed E-state index contributed by atoms with van der Waals surface area (Å²) < 4.78 is 6.73. The molecule has 0 aliphatic heterocycles. The van der Waals surface area contributed by atoms with Crippen LogP contribution < -0.4 is 16.0 Å². The Kier molecular flexibility index (Phi) is 4.50. The Morgan fingerprint density at radius 2 is 1.90 bits per heavy atom. The number of ether oxygens (including phenoxy) is 1. The second-order valence-corrected chi connectivity index (χ2v) is 6.44. The van der Waals surface area contributed by atoms with E-state index in [-0.39, 0.29) is 6.04 Å². The molecule has 1 aliphatic carbocycles. The summed E-state index contributed by atoms with van der Waals surface area (Å²) in [5.41, 5.74) is 4.91. The van der Waals surface area contributed by atoms with E-state index in [4.69, 9.17) is 22.2 Å². The highest BCUT2D eigenvalue weighted by molar-refractivity contribution is 9.10. The molecular formula is C16H16BrClN2O. The van der Waals surface area contributed by atoms with Gasteiger partial charge in [0.15, 0.2) is 0 Å². The topological polar surface area (TPSA) is 47.3 Å². The van der Waals surface area contributed by atoms with Gasteiger partial charge in [-0.2, -0.15) is 0 Å². The van der Waals surface area contributed by atoms with Crippen LogP contribution in [-0.4, -0.2) is 6.10 Å². The Hall–Kier alpha value is -1.07. The minimum Gasteiger partial charge on any atom is -0.490 e. The number of hydrogen-bond donors (Lipinski definition) is 2. The van der Waals surface area contributed by atoms with Crippen LogP contribution in [-0.2, 0) is 0 Å². The van der Waals surface area contributed by atoms with E-state index in [0.717, 1.165) is 34.2 Å². The molecule has 3 nitrogen and oxygen atoms in total. The van der Waals surface area contributed by atoms with Crippen LogP contribution in [0.1, 0.15) is 30.0 Å². The van der Waals surface area contributed by atoms with E-state index in [1.54, 1.807) is 0 Å². The summed E-state index contributed by atoms with van der Waals surface area (Å²) in [6.07, 6.45) is 2.72. The standard InChI is InChI=1S/C16H16BrClN2O/c17-15-8-3-11(18)9-14(15)16(20-19)10-1-4-12(5-2-10)21-13-6-7-13/h1-5,8-9,13,16,20H,6-7,19H2. The molecule has 1 saturated carbocycles. The lowest BCUT2D eigenvalue weighted by Gasteiger charge is -2.19. The summed E-state index contributed by atoms with van der Waals surface area (Å²) in [7, 11) is 0. The zero-order valence-corrected chi connectivity index (χ0v) is 13.7. The van der Waals surface area contributed by atoms with Crippen molar-refractivity contribution in [1.29, 1.82) is 0 Å². The number of halogens is 2. The van der Waals surface area contributed by atoms with Gasteiger partial charge < -0.3 is 4.74 Å². The number of hydrogen-bond acceptors (Lipinski definition) is 3. The van der Waals surface area contributed by atoms with Gasteiger partial charge in [-0.05, 0) is 54.3 Å². The first-order chi connectivity index (χ1) is 10.2. The first-order valence-corrected chi connectivity index (χ1v) is 8.02. The Morgan fingerprint density at radius 1 is 1.19 bits per heavy atom. The predicted molar refractivity (Wildman–Crippen MR) is 88.4 cm³/mol. The molecule has 1 fully saturated rings. The van der Waals surface area contributed by atoms with Crippen molar-refractivity contribution in [1.82, 2.24) is 5.43 Å². The van der Waals surface area contributed by atoms with Gasteiger partial charge in [-0.3, -0.25) is 5.84 Å². The molecule has 21 heavy (non-hydrogen) atoms. The molecule has 1 unspecified atom stereocenters. The summed E-state index contributed by atoms with van der Waals surface area (Å²) in [5, 5.41) is 0.683. The number of rotatable bonds is 5. The molecule has 0 bridgehead atoms. The molecule has 0 spiro atoms. The van der Waals surface area contributed by atoms with E-state index in [0.29, 0.717) is 11.1 Å². The molecule has 0 aromatic heterocycles. The highest BCUT2D eigenvalue weighted by atomic mass is 79.9. The van der Waals surface area contributed by atoms with Gasteiger partial charge in [-0.25, -0.2) is 5.43 Å². The molecule has 0 radical (unpaired) electrons. The van der Waals surface area contributed by atoms with Crippen molar-refractivity contribution in [3.05, 3.63) is 63.1 Å². The van der Waals surface area contributed by atoms with Gasteiger partial charge in [-0.1, -0.05) is 39.7 Å². The van der Waals surface area contributed by atoms with Gasteiger partial charge in [0.25, 0.3) is 0 Å². The first-order valence-electron chi connectivity index (χ1n) is 6.85. The average molecular weight is 368 g/mol. The summed E-state index contributed by atoms with van der Waals surface area (Å²) in [6, 6.07) is 13.6. The minimum absolute atomic E-state index is 0.131. The van der Waals surface area contributed by atoms with Crippen LogP contribution in [0.4, 0.5) is 0 Å². The van der Waals surface area contributed by atoms with Gasteiger partial charge in [0.2, 0.25) is 0 Å². The molecule has 0 amide bonds. The maximum absolute atomic E-state index is 6.09. The zero-order valence-electron chi connectivity index (χ0n) is 11.4. The van der Waals surface area contributed by atoms with Gasteiger partial charge in [-0.15, -0.1) is 0 Å². The summed E-state index contributed by atoms with van der Waals surface area (Å²) in [6.45, 7) is 0. The van der Waals surface area contributed by atoms with Gasteiger partial charge in [0, 0.05) is 9.50 Å². The zero-order chi connectivity index (χ0) is 14.8. The fraction of sp³-hybridized carbons (Fsp3) is 0.250. The van der Waals surface area contributed by atoms with E-state index >= 15 is 0 Å². The van der Waals surface area contributed by atoms with Crippen molar-refractivity contribution in [2.75, 3.05) is 0 Å². The Labute approximate surface area is 137 Å². The molecule has 3 N–H and O–H groups in total. The quantitative estimate of drug-likeness (QED) is 0.615. The Morgan fingerprint density at radius 3 is 2.52 bits per heavy atom. The Bertz CT molecular complexity index is 629. The normalized spacial score (nSPS) is 15.8. The van der Waals surface area contributed by atoms with Crippen molar-refractivity contribution in [3.8, 4) is 5.75 Å². The first kappa shape index (κ1) is 14.9. The van der Waals surface area contributed by atoms with Crippen molar-refractivity contribution >= 4 is 27.5 Å². The second-order valence-electron chi connectivity index (χ2n) is 5.15. The van der Waals surface area contributed by atoms with Crippen molar-refractivity contribution in [3.63, 3.8) is 0 Å². The molecule has 1 aliphatic rings. The third-order valence-electron chi connectivity index (χ3n) is 3.48. The fourth-order valence-electron chi connectivity index (χ4n) is 2.22. The lowest BCUT2D eigenvalue weighted by Crippen LogP contribution is -2.29. The predicted octanol–water partition coefficient (Wildman–Crippen LogP) is 4.20. The van der Waals surface area contributed by atoms with E-state index in [1.165, 1.54) is 0 Å². The van der Waals surface area contributed by atoms with Gasteiger partial charge >= 0.3 is 0 Å². The lowest BCUT2D eigenvalue weighted by atomic mass is 9.99. The maximum atomic E-state index is 6.09. The van der Waals surface area contributed by atoms with E-state index in [9.17, 15) is 0 Å². The summed E-state index contributed by atoms with van der Waals surface area (Å²) in [5.74, 6) is 6.64. The summed E-state index contributed by atoms with van der Waals surface area (Å²) in [4.78, 5) is 0. The molecule has 1 atom stereocenters. The molecule has 5 heteroatoms. The average Bonchev–Trinajstić information content (AvgIpc) is 3.29. The fourth-order valence-corrected chi connectivity index (χ4v) is 2.87. The highest BCUT2D eigenvalue weighted by Crippen LogP contribution is 2.32. The van der Waals surface area contributed by atoms with E-state index in [1.807, 2.05) is 42.5 Å². The monoisotopic (exact) mass is 366 g/mol. The van der Waals surface area contributed by atoms with Crippen molar-refractivity contribution in [2.24, 2.45) is 5.84 Å². The van der Waals surface area contributed by atoms with Crippen LogP contribution in [0.5, 0.6) is 5.75 Å². The SMILES string of the molecule is NNC(c1ccc(OC2CC2)cc1)c1cc(Cl)ccc1Br. The Balaban J connectivity index is 1.86. The van der Waals surface area contributed by atoms with Crippen LogP contribution in [0.25, 0.3) is 0 Å². The third kappa shape index (κ3) is 3.58. The van der Waals surface area contributed by atoms with Crippen molar-refractivity contribution in [2.45, 2.75) is 25.0 Å². The molecule has 2 aromatic carbocycles. The number of benzene rings is 2. The van der Waals surface area contributed by atoms with Gasteiger partial charge in [0.05, 0.1) is 12.1 Å². The van der Waals surface area contributed by atoms with E-state index in [2.05, 4.69) is 21.4 Å². The third-order valence-corrected chi connectivity index (χ3v) is 4.43. The largest absolute Gasteiger partial charge is 0.490 e. The molecule has 110 valence electrons. The molecule has 3 rings (SSSR count). The van der Waals surface area contributed by atoms with E-state index < -0.39 is 0 Å². The van der Waals surface area contributed by atoms with Crippen LogP contribution >= 0.6 is 27.5 Å². The maximum Gasteiger partial charge on any atom is 0.119 e. The second kappa shape index (κ2) is 6.36. The van der Waals surface area contributed by atoms with Gasteiger partial charge in [0.1, 0.15) is 5.75 Å².